The Balaban J connectivity index is 1.71. The van der Waals surface area contributed by atoms with E-state index in [0.29, 0.717) is 34.9 Å². The molecule has 2 unspecified atom stereocenters. The molecular weight excluding hydrogens is 418 g/mol. The SMILES string of the molecule is C=CCn1c(SC(C)C(=O)Nc2cc(C)on2)nnc1C(C)Oc1ccc(OC)cc1. The maximum atomic E-state index is 12.5. The fraction of sp³-hybridized carbons (Fsp3) is 0.333. The smallest absolute Gasteiger partial charge is 0.238 e. The molecule has 3 rings (SSSR count). The molecule has 164 valence electrons. The number of carbonyl (C=O) groups excluding carboxylic acids is 1. The molecule has 2 aromatic heterocycles. The predicted molar refractivity (Wildman–Crippen MR) is 117 cm³/mol. The molecule has 2 atom stereocenters. The molecule has 10 heteroatoms. The molecule has 0 aliphatic rings. The van der Waals surface area contributed by atoms with Crippen molar-refractivity contribution in [2.45, 2.75) is 43.8 Å². The van der Waals surface area contributed by atoms with Gasteiger partial charge in [0.1, 0.15) is 17.3 Å². The molecule has 3 aromatic rings. The van der Waals surface area contributed by atoms with Gasteiger partial charge in [-0.2, -0.15) is 0 Å². The van der Waals surface area contributed by atoms with Crippen molar-refractivity contribution in [2.24, 2.45) is 0 Å². The average molecular weight is 444 g/mol. The first-order valence-electron chi connectivity index (χ1n) is 9.66. The Bertz CT molecular complexity index is 1030. The van der Waals surface area contributed by atoms with Crippen LogP contribution in [-0.4, -0.2) is 38.2 Å². The van der Waals surface area contributed by atoms with E-state index in [2.05, 4.69) is 27.2 Å². The highest BCUT2D eigenvalue weighted by Gasteiger charge is 2.23. The Morgan fingerprint density at radius 2 is 2.00 bits per heavy atom. The summed E-state index contributed by atoms with van der Waals surface area (Å²) in [4.78, 5) is 12.5. The van der Waals surface area contributed by atoms with Crippen LogP contribution < -0.4 is 14.8 Å². The van der Waals surface area contributed by atoms with Crippen molar-refractivity contribution in [3.05, 3.63) is 54.6 Å². The molecule has 0 fully saturated rings. The molecule has 9 nitrogen and oxygen atoms in total. The lowest BCUT2D eigenvalue weighted by Crippen LogP contribution is -2.23. The summed E-state index contributed by atoms with van der Waals surface area (Å²) in [7, 11) is 1.61. The largest absolute Gasteiger partial charge is 0.497 e. The molecule has 2 heterocycles. The molecule has 0 radical (unpaired) electrons. The van der Waals surface area contributed by atoms with Crippen molar-refractivity contribution in [3.8, 4) is 11.5 Å². The lowest BCUT2D eigenvalue weighted by Gasteiger charge is -2.16. The first-order valence-corrected chi connectivity index (χ1v) is 10.5. The standard InChI is InChI=1S/C21H25N5O4S/c1-6-11-26-19(14(3)29-17-9-7-16(28-5)8-10-17)23-24-21(26)31-15(4)20(27)22-18-12-13(2)30-25-18/h6-10,12,14-15H,1,11H2,2-5H3,(H,22,25,27). The second-order valence-corrected chi connectivity index (χ2v) is 8.06. The van der Waals surface area contributed by atoms with Crippen LogP contribution in [-0.2, 0) is 11.3 Å². The Morgan fingerprint density at radius 3 is 2.61 bits per heavy atom. The third-order valence-corrected chi connectivity index (χ3v) is 5.40. The van der Waals surface area contributed by atoms with E-state index < -0.39 is 5.25 Å². The molecular formula is C21H25N5O4S. The van der Waals surface area contributed by atoms with Crippen molar-refractivity contribution in [1.82, 2.24) is 19.9 Å². The Morgan fingerprint density at radius 1 is 1.29 bits per heavy atom. The van der Waals surface area contributed by atoms with Crippen LogP contribution in [0.15, 0.2) is 52.7 Å². The first kappa shape index (κ1) is 22.4. The lowest BCUT2D eigenvalue weighted by molar-refractivity contribution is -0.115. The van der Waals surface area contributed by atoms with Gasteiger partial charge < -0.3 is 19.3 Å². The van der Waals surface area contributed by atoms with E-state index >= 15 is 0 Å². The first-order chi connectivity index (χ1) is 14.9. The van der Waals surface area contributed by atoms with Crippen LogP contribution in [0, 0.1) is 6.92 Å². The van der Waals surface area contributed by atoms with E-state index in [-0.39, 0.29) is 12.0 Å². The van der Waals surface area contributed by atoms with Gasteiger partial charge in [-0.3, -0.25) is 9.36 Å². The molecule has 0 saturated carbocycles. The van der Waals surface area contributed by atoms with Crippen molar-refractivity contribution in [1.29, 1.82) is 0 Å². The highest BCUT2D eigenvalue weighted by Crippen LogP contribution is 2.28. The number of aryl methyl sites for hydroxylation is 1. The zero-order valence-electron chi connectivity index (χ0n) is 17.9. The number of nitrogens with one attached hydrogen (secondary N) is 1. The number of hydrogen-bond donors (Lipinski definition) is 1. The topological polar surface area (TPSA) is 104 Å². The second kappa shape index (κ2) is 10.2. The van der Waals surface area contributed by atoms with E-state index in [1.54, 1.807) is 33.1 Å². The summed E-state index contributed by atoms with van der Waals surface area (Å²) in [5.41, 5.74) is 0. The van der Waals surface area contributed by atoms with E-state index in [1.165, 1.54) is 11.8 Å². The van der Waals surface area contributed by atoms with Gasteiger partial charge in [0.05, 0.1) is 12.4 Å². The summed E-state index contributed by atoms with van der Waals surface area (Å²) in [6.45, 7) is 9.74. The minimum atomic E-state index is -0.435. The number of carbonyl (C=O) groups is 1. The van der Waals surface area contributed by atoms with Gasteiger partial charge in [0.25, 0.3) is 0 Å². The van der Waals surface area contributed by atoms with Crippen LogP contribution in [0.4, 0.5) is 5.82 Å². The van der Waals surface area contributed by atoms with Gasteiger partial charge in [-0.1, -0.05) is 23.0 Å². The van der Waals surface area contributed by atoms with E-state index in [0.717, 1.165) is 5.75 Å². The van der Waals surface area contributed by atoms with Crippen molar-refractivity contribution in [2.75, 3.05) is 12.4 Å². The quantitative estimate of drug-likeness (QED) is 0.370. The molecule has 31 heavy (non-hydrogen) atoms. The highest BCUT2D eigenvalue weighted by molar-refractivity contribution is 8.00. The molecule has 0 bridgehead atoms. The van der Waals surface area contributed by atoms with Gasteiger partial charge in [-0.05, 0) is 45.0 Å². The molecule has 0 saturated heterocycles. The van der Waals surface area contributed by atoms with Crippen LogP contribution in [0.5, 0.6) is 11.5 Å². The minimum absolute atomic E-state index is 0.212. The second-order valence-electron chi connectivity index (χ2n) is 6.75. The van der Waals surface area contributed by atoms with Gasteiger partial charge in [0.15, 0.2) is 22.9 Å². The van der Waals surface area contributed by atoms with Crippen LogP contribution in [0.3, 0.4) is 0 Å². The zero-order chi connectivity index (χ0) is 22.4. The zero-order valence-corrected chi connectivity index (χ0v) is 18.7. The Labute approximate surface area is 184 Å². The number of ether oxygens (including phenoxy) is 2. The molecule has 1 amide bonds. The minimum Gasteiger partial charge on any atom is -0.497 e. The summed E-state index contributed by atoms with van der Waals surface area (Å²) in [6, 6.07) is 8.98. The van der Waals surface area contributed by atoms with Gasteiger partial charge >= 0.3 is 0 Å². The number of anilines is 1. The van der Waals surface area contributed by atoms with Crippen LogP contribution in [0.2, 0.25) is 0 Å². The molecule has 0 aliphatic carbocycles. The fourth-order valence-electron chi connectivity index (χ4n) is 2.76. The summed E-state index contributed by atoms with van der Waals surface area (Å²) >= 11 is 1.29. The number of hydrogen-bond acceptors (Lipinski definition) is 8. The fourth-order valence-corrected chi connectivity index (χ4v) is 3.63. The number of aromatic nitrogens is 4. The van der Waals surface area contributed by atoms with E-state index in [1.807, 2.05) is 35.8 Å². The number of amides is 1. The summed E-state index contributed by atoms with van der Waals surface area (Å²) in [5, 5.41) is 15.2. The Kier molecular flexibility index (Phi) is 7.35. The van der Waals surface area contributed by atoms with Crippen LogP contribution in [0.1, 0.15) is 31.5 Å². The molecule has 0 aliphatic heterocycles. The number of rotatable bonds is 10. The van der Waals surface area contributed by atoms with E-state index in [9.17, 15) is 4.79 Å². The maximum Gasteiger partial charge on any atom is 0.238 e. The lowest BCUT2D eigenvalue weighted by atomic mass is 10.3. The summed E-state index contributed by atoms with van der Waals surface area (Å²) < 4.78 is 18.0. The van der Waals surface area contributed by atoms with Gasteiger partial charge in [0.2, 0.25) is 5.91 Å². The van der Waals surface area contributed by atoms with Crippen molar-refractivity contribution in [3.63, 3.8) is 0 Å². The van der Waals surface area contributed by atoms with Gasteiger partial charge in [-0.25, -0.2) is 0 Å². The average Bonchev–Trinajstić information content (AvgIpc) is 3.34. The Hall–Kier alpha value is -3.27. The van der Waals surface area contributed by atoms with E-state index in [4.69, 9.17) is 14.0 Å². The highest BCUT2D eigenvalue weighted by atomic mass is 32.2. The van der Waals surface area contributed by atoms with Gasteiger partial charge in [0, 0.05) is 12.6 Å². The summed E-state index contributed by atoms with van der Waals surface area (Å²) in [6.07, 6.45) is 1.39. The molecule has 1 N–H and O–H groups in total. The molecule has 0 spiro atoms. The predicted octanol–water partition coefficient (Wildman–Crippen LogP) is 4.03. The van der Waals surface area contributed by atoms with Crippen LogP contribution >= 0.6 is 11.8 Å². The third kappa shape index (κ3) is 5.66. The number of allylic oxidation sites excluding steroid dienone is 1. The van der Waals surface area contributed by atoms with Crippen LogP contribution in [0.25, 0.3) is 0 Å². The normalized spacial score (nSPS) is 12.8. The molecule has 1 aromatic carbocycles. The number of thioether (sulfide) groups is 1. The monoisotopic (exact) mass is 443 g/mol. The van der Waals surface area contributed by atoms with Gasteiger partial charge in [-0.15, -0.1) is 16.8 Å². The number of methoxy groups -OCH3 is 1. The number of nitrogens with zero attached hydrogens (tertiary/aromatic N) is 4. The number of benzene rings is 1. The summed E-state index contributed by atoms with van der Waals surface area (Å²) in [5.74, 6) is 2.86. The van der Waals surface area contributed by atoms with Crippen molar-refractivity contribution < 1.29 is 18.8 Å². The maximum absolute atomic E-state index is 12.5. The van der Waals surface area contributed by atoms with Crippen molar-refractivity contribution >= 4 is 23.5 Å². The third-order valence-electron chi connectivity index (χ3n) is 4.32.